The van der Waals surface area contributed by atoms with Crippen LogP contribution in [0.4, 0.5) is 5.95 Å². The molecule has 170 valence electrons. The van der Waals surface area contributed by atoms with Crippen molar-refractivity contribution >= 4 is 27.6 Å². The molecule has 0 fully saturated rings. The van der Waals surface area contributed by atoms with Gasteiger partial charge in [-0.15, -0.1) is 0 Å². The zero-order valence-corrected chi connectivity index (χ0v) is 20.1. The number of hydrogen-bond acceptors (Lipinski definition) is 6. The van der Waals surface area contributed by atoms with E-state index in [0.29, 0.717) is 17.4 Å². The number of benzene rings is 3. The van der Waals surface area contributed by atoms with Crippen molar-refractivity contribution in [1.82, 2.24) is 14.8 Å². The van der Waals surface area contributed by atoms with E-state index in [4.69, 9.17) is 14.2 Å². The average molecular weight is 517 g/mol. The van der Waals surface area contributed by atoms with E-state index in [9.17, 15) is 0 Å². The third-order valence-electron chi connectivity index (χ3n) is 6.20. The molecule has 1 aromatic heterocycles. The Hall–Kier alpha value is -3.78. The Bertz CT molecular complexity index is 1430. The Morgan fingerprint density at radius 2 is 1.79 bits per heavy atom. The van der Waals surface area contributed by atoms with Gasteiger partial charge in [-0.1, -0.05) is 46.3 Å². The van der Waals surface area contributed by atoms with Crippen LogP contribution in [-0.4, -0.2) is 29.0 Å². The predicted octanol–water partition coefficient (Wildman–Crippen LogP) is 5.62. The average Bonchev–Trinajstić information content (AvgIpc) is 3.35. The summed E-state index contributed by atoms with van der Waals surface area (Å²) in [5.41, 5.74) is 5.03. The highest BCUT2D eigenvalue weighted by Crippen LogP contribution is 2.51. The Morgan fingerprint density at radius 1 is 0.941 bits per heavy atom. The molecule has 6 rings (SSSR count). The Labute approximate surface area is 205 Å². The first kappa shape index (κ1) is 20.8. The zero-order chi connectivity index (χ0) is 23.2. The summed E-state index contributed by atoms with van der Waals surface area (Å²) in [7, 11) is 3.27. The number of aromatic nitrogens is 3. The minimum atomic E-state index is -0.342. The molecule has 1 N–H and O–H groups in total. The summed E-state index contributed by atoms with van der Waals surface area (Å²) in [6.07, 6.45) is 1.22. The third kappa shape index (κ3) is 3.25. The van der Waals surface area contributed by atoms with Crippen LogP contribution < -0.4 is 19.5 Å². The molecule has 0 spiro atoms. The van der Waals surface area contributed by atoms with E-state index >= 15 is 0 Å². The highest BCUT2D eigenvalue weighted by molar-refractivity contribution is 9.10. The van der Waals surface area contributed by atoms with E-state index in [1.165, 1.54) is 0 Å². The first-order chi connectivity index (χ1) is 16.7. The number of hydrogen-bond donors (Lipinski definition) is 1. The highest BCUT2D eigenvalue weighted by atomic mass is 79.9. The van der Waals surface area contributed by atoms with E-state index < -0.39 is 0 Å². The lowest BCUT2D eigenvalue weighted by Crippen LogP contribution is -2.32. The Morgan fingerprint density at radius 3 is 2.62 bits per heavy atom. The van der Waals surface area contributed by atoms with Crippen LogP contribution in [0.2, 0.25) is 0 Å². The molecule has 0 bridgehead atoms. The second-order valence-corrected chi connectivity index (χ2v) is 8.97. The summed E-state index contributed by atoms with van der Waals surface area (Å²) in [4.78, 5) is 4.49. The van der Waals surface area contributed by atoms with E-state index in [-0.39, 0.29) is 12.1 Å². The van der Waals surface area contributed by atoms with Crippen molar-refractivity contribution in [1.29, 1.82) is 0 Å². The quantitative estimate of drug-likeness (QED) is 0.379. The molecular weight excluding hydrogens is 496 g/mol. The Kier molecular flexibility index (Phi) is 5.03. The summed E-state index contributed by atoms with van der Waals surface area (Å²) in [5.74, 6) is 2.81. The summed E-state index contributed by atoms with van der Waals surface area (Å²) in [6.45, 7) is 0. The molecule has 4 aromatic rings. The molecule has 3 aromatic carbocycles. The SMILES string of the molecule is COc1ccc([C@@H]2C3=C(Nc4ncnn42)c2ccccc2O[C@H]3c2cccc(Br)c2)cc1OC. The first-order valence-corrected chi connectivity index (χ1v) is 11.6. The molecule has 7 nitrogen and oxygen atoms in total. The lowest BCUT2D eigenvalue weighted by Gasteiger charge is -2.39. The maximum Gasteiger partial charge on any atom is 0.226 e. The van der Waals surface area contributed by atoms with Gasteiger partial charge in [-0.25, -0.2) is 4.68 Å². The van der Waals surface area contributed by atoms with Crippen LogP contribution >= 0.6 is 15.9 Å². The van der Waals surface area contributed by atoms with Crippen LogP contribution in [0.15, 0.2) is 83.1 Å². The maximum absolute atomic E-state index is 6.65. The maximum atomic E-state index is 6.65. The predicted molar refractivity (Wildman–Crippen MR) is 132 cm³/mol. The molecule has 0 saturated carbocycles. The van der Waals surface area contributed by atoms with Crippen LogP contribution in [0, 0.1) is 0 Å². The number of para-hydroxylation sites is 1. The summed E-state index contributed by atoms with van der Waals surface area (Å²) in [5, 5.41) is 8.10. The standard InChI is InChI=1S/C26H21BrN4O3/c1-32-20-11-10-15(13-21(20)33-2)24-22-23(30-26-28-14-29-31(24)26)18-8-3-4-9-19(18)34-25(22)16-6-5-7-17(27)12-16/h3-14,24-25H,1-2H3,(H,28,29,30)/t24-,25+/m1/s1. The summed E-state index contributed by atoms with van der Waals surface area (Å²) < 4.78 is 20.6. The molecule has 2 aliphatic rings. The van der Waals surface area contributed by atoms with Crippen molar-refractivity contribution in [3.8, 4) is 17.2 Å². The number of fused-ring (bicyclic) bond motifs is 3. The Balaban J connectivity index is 1.62. The van der Waals surface area contributed by atoms with Gasteiger partial charge in [-0.05, 0) is 47.5 Å². The van der Waals surface area contributed by atoms with E-state index in [2.05, 4.69) is 49.5 Å². The van der Waals surface area contributed by atoms with Crippen LogP contribution in [-0.2, 0) is 0 Å². The van der Waals surface area contributed by atoms with Crippen LogP contribution in [0.3, 0.4) is 0 Å². The summed E-state index contributed by atoms with van der Waals surface area (Å²) in [6, 6.07) is 21.9. The molecule has 34 heavy (non-hydrogen) atoms. The fourth-order valence-corrected chi connectivity index (χ4v) is 5.12. The molecule has 8 heteroatoms. The molecule has 3 heterocycles. The second-order valence-electron chi connectivity index (χ2n) is 8.05. The van der Waals surface area contributed by atoms with Gasteiger partial charge in [0.05, 0.1) is 19.9 Å². The van der Waals surface area contributed by atoms with Crippen molar-refractivity contribution in [2.24, 2.45) is 0 Å². The lowest BCUT2D eigenvalue weighted by molar-refractivity contribution is 0.223. The van der Waals surface area contributed by atoms with Crippen LogP contribution in [0.25, 0.3) is 5.70 Å². The molecule has 0 saturated heterocycles. The van der Waals surface area contributed by atoms with Gasteiger partial charge in [0.2, 0.25) is 5.95 Å². The summed E-state index contributed by atoms with van der Waals surface area (Å²) >= 11 is 3.62. The van der Waals surface area contributed by atoms with Gasteiger partial charge in [-0.3, -0.25) is 0 Å². The normalized spacial score (nSPS) is 18.2. The number of nitrogens with zero attached hydrogens (tertiary/aromatic N) is 3. The molecule has 0 unspecified atom stereocenters. The van der Waals surface area contributed by atoms with Gasteiger partial charge < -0.3 is 19.5 Å². The van der Waals surface area contributed by atoms with Gasteiger partial charge in [0, 0.05) is 15.6 Å². The van der Waals surface area contributed by atoms with Gasteiger partial charge >= 0.3 is 0 Å². The van der Waals surface area contributed by atoms with Gasteiger partial charge in [0.15, 0.2) is 11.5 Å². The minimum Gasteiger partial charge on any atom is -0.493 e. The number of ether oxygens (including phenoxy) is 3. The smallest absolute Gasteiger partial charge is 0.226 e. The monoisotopic (exact) mass is 516 g/mol. The topological polar surface area (TPSA) is 70.4 Å². The lowest BCUT2D eigenvalue weighted by atomic mass is 9.84. The molecule has 0 amide bonds. The molecule has 0 aliphatic carbocycles. The number of anilines is 1. The number of nitrogens with one attached hydrogen (secondary N) is 1. The fraction of sp³-hybridized carbons (Fsp3) is 0.154. The van der Waals surface area contributed by atoms with Gasteiger partial charge in [-0.2, -0.15) is 10.1 Å². The van der Waals surface area contributed by atoms with Crippen LogP contribution in [0.5, 0.6) is 17.2 Å². The zero-order valence-electron chi connectivity index (χ0n) is 18.5. The number of halogens is 1. The van der Waals surface area contributed by atoms with Crippen molar-refractivity contribution < 1.29 is 14.2 Å². The van der Waals surface area contributed by atoms with E-state index in [1.54, 1.807) is 20.5 Å². The van der Waals surface area contributed by atoms with Crippen LogP contribution in [0.1, 0.15) is 28.8 Å². The van der Waals surface area contributed by atoms with Crippen molar-refractivity contribution in [2.75, 3.05) is 19.5 Å². The van der Waals surface area contributed by atoms with Gasteiger partial charge in [0.1, 0.15) is 24.2 Å². The second kappa shape index (κ2) is 8.22. The van der Waals surface area contributed by atoms with Crippen molar-refractivity contribution in [2.45, 2.75) is 12.1 Å². The molecular formula is C26H21BrN4O3. The van der Waals surface area contributed by atoms with Crippen molar-refractivity contribution in [3.63, 3.8) is 0 Å². The van der Waals surface area contributed by atoms with Crippen molar-refractivity contribution in [3.05, 3.63) is 99.8 Å². The number of methoxy groups -OCH3 is 2. The van der Waals surface area contributed by atoms with E-state index in [1.807, 2.05) is 53.2 Å². The molecule has 0 radical (unpaired) electrons. The molecule has 2 aliphatic heterocycles. The first-order valence-electron chi connectivity index (χ1n) is 10.8. The largest absolute Gasteiger partial charge is 0.493 e. The minimum absolute atomic E-state index is 0.272. The third-order valence-corrected chi connectivity index (χ3v) is 6.69. The highest BCUT2D eigenvalue weighted by Gasteiger charge is 2.41. The van der Waals surface area contributed by atoms with E-state index in [0.717, 1.165) is 38.2 Å². The fourth-order valence-electron chi connectivity index (χ4n) is 4.71. The number of rotatable bonds is 4. The molecule has 2 atom stereocenters. The van der Waals surface area contributed by atoms with Gasteiger partial charge in [0.25, 0.3) is 0 Å².